The molecule has 2 rings (SSSR count). The summed E-state index contributed by atoms with van der Waals surface area (Å²) in [4.78, 5) is 2.55. The van der Waals surface area contributed by atoms with Gasteiger partial charge in [0.15, 0.2) is 0 Å². The Balaban J connectivity index is 1.90. The van der Waals surface area contributed by atoms with Crippen molar-refractivity contribution >= 4 is 0 Å². The van der Waals surface area contributed by atoms with E-state index in [0.717, 1.165) is 24.8 Å². The number of hydrogen-bond donors (Lipinski definition) is 1. The number of nitrogens with one attached hydrogen (secondary N) is 1. The van der Waals surface area contributed by atoms with Crippen molar-refractivity contribution in [1.82, 2.24) is 10.2 Å². The molecule has 0 saturated carbocycles. The molecule has 0 spiro atoms. The fourth-order valence-electron chi connectivity index (χ4n) is 2.76. The highest BCUT2D eigenvalue weighted by molar-refractivity contribution is 5.28. The summed E-state index contributed by atoms with van der Waals surface area (Å²) in [6.45, 7) is 7.97. The van der Waals surface area contributed by atoms with E-state index >= 15 is 0 Å². The van der Waals surface area contributed by atoms with Crippen molar-refractivity contribution in [2.75, 3.05) is 33.3 Å². The summed E-state index contributed by atoms with van der Waals surface area (Å²) in [6.07, 6.45) is 2.63. The lowest BCUT2D eigenvalue weighted by atomic mass is 9.97. The maximum absolute atomic E-state index is 5.29. The van der Waals surface area contributed by atoms with Crippen molar-refractivity contribution in [3.8, 4) is 5.75 Å². The summed E-state index contributed by atoms with van der Waals surface area (Å²) in [6, 6.07) is 8.41. The molecule has 3 heteroatoms. The van der Waals surface area contributed by atoms with Crippen LogP contribution in [0.3, 0.4) is 0 Å². The topological polar surface area (TPSA) is 24.5 Å². The molecule has 3 nitrogen and oxygen atoms in total. The third-order valence-corrected chi connectivity index (χ3v) is 3.96. The molecule has 1 aliphatic heterocycles. The first kappa shape index (κ1) is 14.4. The van der Waals surface area contributed by atoms with E-state index in [9.17, 15) is 0 Å². The van der Waals surface area contributed by atoms with Gasteiger partial charge in [0, 0.05) is 13.1 Å². The van der Waals surface area contributed by atoms with Crippen LogP contribution in [0.15, 0.2) is 24.3 Å². The molecule has 1 N–H and O–H groups in total. The third-order valence-electron chi connectivity index (χ3n) is 3.96. The Hall–Kier alpha value is -1.06. The average Bonchev–Trinajstić information content (AvgIpc) is 2.48. The second-order valence-corrected chi connectivity index (χ2v) is 5.37. The van der Waals surface area contributed by atoms with E-state index in [1.165, 1.54) is 38.0 Å². The second kappa shape index (κ2) is 7.51. The van der Waals surface area contributed by atoms with E-state index in [-0.39, 0.29) is 0 Å². The van der Waals surface area contributed by atoms with E-state index < -0.39 is 0 Å². The number of nitrogens with zero attached hydrogens (tertiary/aromatic N) is 1. The van der Waals surface area contributed by atoms with Gasteiger partial charge in [0.05, 0.1) is 7.11 Å². The van der Waals surface area contributed by atoms with Gasteiger partial charge in [0.1, 0.15) is 5.75 Å². The van der Waals surface area contributed by atoms with Crippen LogP contribution in [0.5, 0.6) is 5.75 Å². The summed E-state index contributed by atoms with van der Waals surface area (Å²) in [7, 11) is 1.73. The van der Waals surface area contributed by atoms with Crippen LogP contribution in [0.2, 0.25) is 0 Å². The Morgan fingerprint density at radius 1 is 1.32 bits per heavy atom. The number of ether oxygens (including phenoxy) is 1. The van der Waals surface area contributed by atoms with Crippen LogP contribution in [0.4, 0.5) is 0 Å². The minimum atomic E-state index is 0.854. The van der Waals surface area contributed by atoms with Gasteiger partial charge in [0.25, 0.3) is 0 Å². The van der Waals surface area contributed by atoms with Gasteiger partial charge in [0.2, 0.25) is 0 Å². The molecule has 0 bridgehead atoms. The number of methoxy groups -OCH3 is 1. The van der Waals surface area contributed by atoms with Crippen molar-refractivity contribution < 1.29 is 4.74 Å². The van der Waals surface area contributed by atoms with Crippen LogP contribution in [-0.2, 0) is 6.54 Å². The largest absolute Gasteiger partial charge is 0.497 e. The van der Waals surface area contributed by atoms with Gasteiger partial charge in [-0.15, -0.1) is 0 Å². The van der Waals surface area contributed by atoms with Crippen molar-refractivity contribution in [1.29, 1.82) is 0 Å². The molecule has 0 atom stereocenters. The summed E-state index contributed by atoms with van der Waals surface area (Å²) >= 11 is 0. The van der Waals surface area contributed by atoms with Crippen LogP contribution in [0, 0.1) is 5.92 Å². The molecule has 106 valence electrons. The fraction of sp³-hybridized carbons (Fsp3) is 0.625. The van der Waals surface area contributed by atoms with Gasteiger partial charge in [-0.25, -0.2) is 0 Å². The number of benzene rings is 1. The van der Waals surface area contributed by atoms with Crippen LogP contribution in [-0.4, -0.2) is 38.2 Å². The minimum absolute atomic E-state index is 0.854. The predicted molar refractivity (Wildman–Crippen MR) is 79.5 cm³/mol. The van der Waals surface area contributed by atoms with Gasteiger partial charge in [-0.2, -0.15) is 0 Å². The maximum atomic E-state index is 5.29. The molecule has 0 radical (unpaired) electrons. The molecular formula is C16H26N2O. The van der Waals surface area contributed by atoms with Gasteiger partial charge in [-0.05, 0) is 56.1 Å². The Kier molecular flexibility index (Phi) is 5.67. The average molecular weight is 262 g/mol. The van der Waals surface area contributed by atoms with Crippen LogP contribution in [0.25, 0.3) is 0 Å². The maximum Gasteiger partial charge on any atom is 0.119 e. The first-order valence-electron chi connectivity index (χ1n) is 7.37. The monoisotopic (exact) mass is 262 g/mol. The summed E-state index contributed by atoms with van der Waals surface area (Å²) in [5, 5.41) is 3.44. The summed E-state index contributed by atoms with van der Waals surface area (Å²) in [5.41, 5.74) is 1.34. The highest BCUT2D eigenvalue weighted by Crippen LogP contribution is 2.17. The lowest BCUT2D eigenvalue weighted by Crippen LogP contribution is -2.35. The number of piperidine rings is 1. The van der Waals surface area contributed by atoms with Gasteiger partial charge < -0.3 is 10.1 Å². The Morgan fingerprint density at radius 3 is 2.79 bits per heavy atom. The zero-order valence-corrected chi connectivity index (χ0v) is 12.2. The van der Waals surface area contributed by atoms with Gasteiger partial charge in [-0.3, -0.25) is 4.90 Å². The SMILES string of the molecule is CCN(Cc1cccc(OC)c1)CC1CCNCC1. The molecule has 0 amide bonds. The van der Waals surface area contributed by atoms with E-state index in [1.54, 1.807) is 7.11 Å². The Morgan fingerprint density at radius 2 is 2.11 bits per heavy atom. The normalized spacial score (nSPS) is 16.8. The van der Waals surface area contributed by atoms with Crippen LogP contribution < -0.4 is 10.1 Å². The van der Waals surface area contributed by atoms with Crippen molar-refractivity contribution in [3.63, 3.8) is 0 Å². The standard InChI is InChI=1S/C16H26N2O/c1-3-18(12-14-7-9-17-10-8-14)13-15-5-4-6-16(11-15)19-2/h4-6,11,14,17H,3,7-10,12-13H2,1-2H3. The number of hydrogen-bond acceptors (Lipinski definition) is 3. The van der Waals surface area contributed by atoms with Crippen molar-refractivity contribution in [3.05, 3.63) is 29.8 Å². The molecule has 0 aromatic heterocycles. The number of rotatable bonds is 6. The van der Waals surface area contributed by atoms with Gasteiger partial charge in [-0.1, -0.05) is 19.1 Å². The first-order valence-corrected chi connectivity index (χ1v) is 7.37. The molecule has 1 aromatic carbocycles. The van der Waals surface area contributed by atoms with E-state index in [0.29, 0.717) is 0 Å². The van der Waals surface area contributed by atoms with E-state index in [4.69, 9.17) is 4.74 Å². The van der Waals surface area contributed by atoms with Crippen LogP contribution in [0.1, 0.15) is 25.3 Å². The quantitative estimate of drug-likeness (QED) is 0.852. The van der Waals surface area contributed by atoms with Crippen molar-refractivity contribution in [2.24, 2.45) is 5.92 Å². The molecule has 1 saturated heterocycles. The molecule has 1 aromatic rings. The van der Waals surface area contributed by atoms with Gasteiger partial charge >= 0.3 is 0 Å². The molecule has 0 aliphatic carbocycles. The zero-order chi connectivity index (χ0) is 13.5. The summed E-state index contributed by atoms with van der Waals surface area (Å²) in [5.74, 6) is 1.81. The smallest absolute Gasteiger partial charge is 0.119 e. The molecule has 19 heavy (non-hydrogen) atoms. The van der Waals surface area contributed by atoms with E-state index in [1.807, 2.05) is 6.07 Å². The zero-order valence-electron chi connectivity index (χ0n) is 12.2. The minimum Gasteiger partial charge on any atom is -0.497 e. The summed E-state index contributed by atoms with van der Waals surface area (Å²) < 4.78 is 5.29. The first-order chi connectivity index (χ1) is 9.31. The Labute approximate surface area is 116 Å². The third kappa shape index (κ3) is 4.51. The highest BCUT2D eigenvalue weighted by Gasteiger charge is 2.16. The molecule has 1 heterocycles. The molecule has 0 unspecified atom stereocenters. The highest BCUT2D eigenvalue weighted by atomic mass is 16.5. The molecular weight excluding hydrogens is 236 g/mol. The predicted octanol–water partition coefficient (Wildman–Crippen LogP) is 2.52. The Bertz CT molecular complexity index is 375. The fourth-order valence-corrected chi connectivity index (χ4v) is 2.76. The lowest BCUT2D eigenvalue weighted by molar-refractivity contribution is 0.207. The molecule has 1 aliphatic rings. The van der Waals surface area contributed by atoms with Crippen molar-refractivity contribution in [2.45, 2.75) is 26.3 Å². The van der Waals surface area contributed by atoms with E-state index in [2.05, 4.69) is 35.3 Å². The lowest BCUT2D eigenvalue weighted by Gasteiger charge is -2.29. The molecule has 1 fully saturated rings. The second-order valence-electron chi connectivity index (χ2n) is 5.37. The van der Waals surface area contributed by atoms with Crippen LogP contribution >= 0.6 is 0 Å².